The van der Waals surface area contributed by atoms with Gasteiger partial charge >= 0.3 is 0 Å². The van der Waals surface area contributed by atoms with Crippen LogP contribution in [0, 0.1) is 5.92 Å². The Bertz CT molecular complexity index is 238. The van der Waals surface area contributed by atoms with Gasteiger partial charge in [0, 0.05) is 12.2 Å². The summed E-state index contributed by atoms with van der Waals surface area (Å²) >= 11 is 0. The monoisotopic (exact) mass is 180 g/mol. The average molecular weight is 180 g/mol. The lowest BCUT2D eigenvalue weighted by molar-refractivity contribution is 0.510. The van der Waals surface area contributed by atoms with Crippen LogP contribution in [-0.2, 0) is 0 Å². The summed E-state index contributed by atoms with van der Waals surface area (Å²) in [5, 5.41) is 13.5. The topological polar surface area (TPSA) is 52.7 Å². The van der Waals surface area contributed by atoms with E-state index in [9.17, 15) is 0 Å². The van der Waals surface area contributed by atoms with Gasteiger partial charge in [0.15, 0.2) is 0 Å². The highest BCUT2D eigenvalue weighted by Crippen LogP contribution is 2.16. The van der Waals surface area contributed by atoms with Crippen molar-refractivity contribution >= 4 is 5.69 Å². The molecule has 2 unspecified atom stereocenters. The fourth-order valence-electron chi connectivity index (χ4n) is 1.81. The molecule has 0 bridgehead atoms. The molecule has 0 aliphatic carbocycles. The lowest BCUT2D eigenvalue weighted by Gasteiger charge is -2.19. The molecule has 1 saturated heterocycles. The molecule has 0 spiro atoms. The fraction of sp³-hybridized carbons (Fsp3) is 0.667. The van der Waals surface area contributed by atoms with Crippen molar-refractivity contribution in [2.75, 3.05) is 18.4 Å². The maximum absolute atomic E-state index is 3.90. The second-order valence-corrected chi connectivity index (χ2v) is 3.67. The SMILES string of the molecule is CC(Nc1cn[nH]c1)C1CCNC1. The molecule has 4 nitrogen and oxygen atoms in total. The number of hydrogen-bond acceptors (Lipinski definition) is 3. The van der Waals surface area contributed by atoms with E-state index in [-0.39, 0.29) is 0 Å². The Kier molecular flexibility index (Phi) is 2.49. The van der Waals surface area contributed by atoms with E-state index in [0.29, 0.717) is 6.04 Å². The molecule has 1 aliphatic heterocycles. The second-order valence-electron chi connectivity index (χ2n) is 3.67. The van der Waals surface area contributed by atoms with E-state index in [0.717, 1.165) is 24.7 Å². The van der Waals surface area contributed by atoms with Gasteiger partial charge in [-0.15, -0.1) is 0 Å². The number of H-pyrrole nitrogens is 1. The van der Waals surface area contributed by atoms with E-state index >= 15 is 0 Å². The number of aromatic nitrogens is 2. The zero-order valence-corrected chi connectivity index (χ0v) is 7.88. The summed E-state index contributed by atoms with van der Waals surface area (Å²) in [6.45, 7) is 4.51. The van der Waals surface area contributed by atoms with Gasteiger partial charge in [0.25, 0.3) is 0 Å². The van der Waals surface area contributed by atoms with E-state index in [1.807, 2.05) is 12.4 Å². The first-order valence-corrected chi connectivity index (χ1v) is 4.82. The highest BCUT2D eigenvalue weighted by atomic mass is 15.1. The average Bonchev–Trinajstić information content (AvgIpc) is 2.74. The first-order chi connectivity index (χ1) is 6.36. The molecule has 0 saturated carbocycles. The molecule has 13 heavy (non-hydrogen) atoms. The third-order valence-corrected chi connectivity index (χ3v) is 2.70. The van der Waals surface area contributed by atoms with Crippen LogP contribution in [0.5, 0.6) is 0 Å². The number of nitrogens with one attached hydrogen (secondary N) is 3. The van der Waals surface area contributed by atoms with Gasteiger partial charge < -0.3 is 10.6 Å². The van der Waals surface area contributed by atoms with Crippen LogP contribution < -0.4 is 10.6 Å². The predicted octanol–water partition coefficient (Wildman–Crippen LogP) is 0.820. The highest BCUT2D eigenvalue weighted by molar-refractivity contribution is 5.38. The molecule has 2 rings (SSSR count). The lowest BCUT2D eigenvalue weighted by atomic mass is 10.0. The molecule has 1 aromatic rings. The standard InChI is InChI=1S/C9H16N4/c1-7(8-2-3-10-4-8)13-9-5-11-12-6-9/h5-8,10,13H,2-4H2,1H3,(H,11,12). The Morgan fingerprint density at radius 3 is 3.23 bits per heavy atom. The Labute approximate surface area is 78.1 Å². The van der Waals surface area contributed by atoms with E-state index in [1.54, 1.807) is 0 Å². The van der Waals surface area contributed by atoms with Crippen molar-refractivity contribution in [3.05, 3.63) is 12.4 Å². The van der Waals surface area contributed by atoms with Crippen LogP contribution in [0.2, 0.25) is 0 Å². The summed E-state index contributed by atoms with van der Waals surface area (Å²) in [6.07, 6.45) is 4.98. The van der Waals surface area contributed by atoms with Gasteiger partial charge in [-0.2, -0.15) is 5.10 Å². The van der Waals surface area contributed by atoms with Gasteiger partial charge in [0.2, 0.25) is 0 Å². The van der Waals surface area contributed by atoms with E-state index in [4.69, 9.17) is 0 Å². The molecule has 72 valence electrons. The van der Waals surface area contributed by atoms with E-state index < -0.39 is 0 Å². The molecule has 1 fully saturated rings. The summed E-state index contributed by atoms with van der Waals surface area (Å²) in [5.74, 6) is 0.745. The van der Waals surface area contributed by atoms with Gasteiger partial charge in [-0.3, -0.25) is 5.10 Å². The lowest BCUT2D eigenvalue weighted by Crippen LogP contribution is -2.27. The Balaban J connectivity index is 1.87. The quantitative estimate of drug-likeness (QED) is 0.645. The molecule has 0 amide bonds. The molecular weight excluding hydrogens is 164 g/mol. The third-order valence-electron chi connectivity index (χ3n) is 2.70. The second kappa shape index (κ2) is 3.79. The molecular formula is C9H16N4. The van der Waals surface area contributed by atoms with Gasteiger partial charge in [-0.1, -0.05) is 0 Å². The van der Waals surface area contributed by atoms with Crippen LogP contribution in [0.15, 0.2) is 12.4 Å². The highest BCUT2D eigenvalue weighted by Gasteiger charge is 2.20. The van der Waals surface area contributed by atoms with Crippen LogP contribution >= 0.6 is 0 Å². The first kappa shape index (κ1) is 8.56. The van der Waals surface area contributed by atoms with Gasteiger partial charge in [-0.25, -0.2) is 0 Å². The summed E-state index contributed by atoms with van der Waals surface area (Å²) in [5.41, 5.74) is 1.08. The van der Waals surface area contributed by atoms with Gasteiger partial charge in [-0.05, 0) is 32.4 Å². The van der Waals surface area contributed by atoms with Crippen LogP contribution in [0.25, 0.3) is 0 Å². The fourth-order valence-corrected chi connectivity index (χ4v) is 1.81. The third kappa shape index (κ3) is 2.01. The van der Waals surface area contributed by atoms with Crippen molar-refractivity contribution in [1.29, 1.82) is 0 Å². The largest absolute Gasteiger partial charge is 0.380 e. The molecule has 1 aromatic heterocycles. The van der Waals surface area contributed by atoms with Crippen LogP contribution in [0.4, 0.5) is 5.69 Å². The Morgan fingerprint density at radius 1 is 1.69 bits per heavy atom. The number of nitrogens with zero attached hydrogens (tertiary/aromatic N) is 1. The van der Waals surface area contributed by atoms with E-state index in [1.165, 1.54) is 6.42 Å². The Hall–Kier alpha value is -1.03. The molecule has 0 radical (unpaired) electrons. The summed E-state index contributed by atoms with van der Waals surface area (Å²) < 4.78 is 0. The zero-order valence-electron chi connectivity index (χ0n) is 7.88. The van der Waals surface area contributed by atoms with Crippen molar-refractivity contribution in [1.82, 2.24) is 15.5 Å². The number of rotatable bonds is 3. The van der Waals surface area contributed by atoms with Crippen LogP contribution in [-0.4, -0.2) is 29.3 Å². The number of anilines is 1. The van der Waals surface area contributed by atoms with Crippen molar-refractivity contribution in [2.45, 2.75) is 19.4 Å². The Morgan fingerprint density at radius 2 is 2.62 bits per heavy atom. The molecule has 2 atom stereocenters. The van der Waals surface area contributed by atoms with E-state index in [2.05, 4.69) is 27.8 Å². The van der Waals surface area contributed by atoms with Crippen LogP contribution in [0.1, 0.15) is 13.3 Å². The van der Waals surface area contributed by atoms with Crippen molar-refractivity contribution < 1.29 is 0 Å². The van der Waals surface area contributed by atoms with Crippen molar-refractivity contribution in [3.63, 3.8) is 0 Å². The zero-order chi connectivity index (χ0) is 9.10. The van der Waals surface area contributed by atoms with Crippen molar-refractivity contribution in [3.8, 4) is 0 Å². The normalized spacial score (nSPS) is 24.5. The number of hydrogen-bond donors (Lipinski definition) is 3. The number of aromatic amines is 1. The van der Waals surface area contributed by atoms with Gasteiger partial charge in [0.05, 0.1) is 11.9 Å². The smallest absolute Gasteiger partial charge is 0.0725 e. The molecule has 1 aliphatic rings. The van der Waals surface area contributed by atoms with Gasteiger partial charge in [0.1, 0.15) is 0 Å². The first-order valence-electron chi connectivity index (χ1n) is 4.82. The maximum Gasteiger partial charge on any atom is 0.0725 e. The summed E-state index contributed by atoms with van der Waals surface area (Å²) in [7, 11) is 0. The minimum Gasteiger partial charge on any atom is -0.380 e. The minimum atomic E-state index is 0.521. The summed E-state index contributed by atoms with van der Waals surface area (Å²) in [4.78, 5) is 0. The molecule has 4 heteroatoms. The predicted molar refractivity (Wildman–Crippen MR) is 52.6 cm³/mol. The molecule has 3 N–H and O–H groups in total. The van der Waals surface area contributed by atoms with Crippen LogP contribution in [0.3, 0.4) is 0 Å². The minimum absolute atomic E-state index is 0.521. The maximum atomic E-state index is 3.90. The van der Waals surface area contributed by atoms with Crippen molar-refractivity contribution in [2.24, 2.45) is 5.92 Å². The molecule has 2 heterocycles. The summed E-state index contributed by atoms with van der Waals surface area (Å²) in [6, 6.07) is 0.521. The molecule has 0 aromatic carbocycles.